The van der Waals surface area contributed by atoms with Gasteiger partial charge in [-0.25, -0.2) is 4.98 Å². The Morgan fingerprint density at radius 3 is 3.00 bits per heavy atom. The molecule has 0 radical (unpaired) electrons. The van der Waals surface area contributed by atoms with E-state index < -0.39 is 0 Å². The molecule has 2 fully saturated rings. The third kappa shape index (κ3) is 2.37. The predicted octanol–water partition coefficient (Wildman–Crippen LogP) is 1.96. The number of nitrogens with zero attached hydrogens (tertiary/aromatic N) is 3. The molecule has 0 bridgehead atoms. The molecule has 2 aliphatic heterocycles. The molecule has 1 atom stereocenters. The zero-order valence-electron chi connectivity index (χ0n) is 10.3. The van der Waals surface area contributed by atoms with Crippen molar-refractivity contribution in [2.45, 2.75) is 31.9 Å². The number of aliphatic hydroxyl groups is 1. The van der Waals surface area contributed by atoms with Crippen molar-refractivity contribution in [1.29, 1.82) is 0 Å². The number of aromatic nitrogens is 1. The maximum absolute atomic E-state index is 9.18. The number of aliphatic hydroxyl groups excluding tert-OH is 1. The molecule has 1 N–H and O–H groups in total. The summed E-state index contributed by atoms with van der Waals surface area (Å²) in [5, 5.41) is 10.6. The molecule has 1 aromatic heterocycles. The summed E-state index contributed by atoms with van der Waals surface area (Å²) in [5.41, 5.74) is 0. The maximum Gasteiger partial charge on any atom is 0.187 e. The van der Waals surface area contributed by atoms with E-state index in [0.29, 0.717) is 11.2 Å². The summed E-state index contributed by atoms with van der Waals surface area (Å²) in [6, 6.07) is 0.674. The van der Waals surface area contributed by atoms with Gasteiger partial charge in [-0.15, -0.1) is 0 Å². The highest BCUT2D eigenvalue weighted by Gasteiger charge is 2.30. The zero-order chi connectivity index (χ0) is 12.5. The van der Waals surface area contributed by atoms with Crippen LogP contribution in [-0.2, 0) is 6.61 Å². The van der Waals surface area contributed by atoms with Gasteiger partial charge >= 0.3 is 0 Å². The van der Waals surface area contributed by atoms with Gasteiger partial charge in [0.1, 0.15) is 5.15 Å². The molecule has 100 valence electrons. The lowest BCUT2D eigenvalue weighted by Crippen LogP contribution is -2.54. The van der Waals surface area contributed by atoms with Crippen molar-refractivity contribution in [1.82, 2.24) is 9.88 Å². The third-order valence-corrected chi connectivity index (χ3v) is 5.42. The first-order chi connectivity index (χ1) is 8.78. The lowest BCUT2D eigenvalue weighted by atomic mass is 10.00. The van der Waals surface area contributed by atoms with Crippen molar-refractivity contribution >= 4 is 28.1 Å². The van der Waals surface area contributed by atoms with Gasteiger partial charge in [-0.2, -0.15) is 0 Å². The van der Waals surface area contributed by atoms with E-state index >= 15 is 0 Å². The van der Waals surface area contributed by atoms with Gasteiger partial charge in [0.25, 0.3) is 0 Å². The van der Waals surface area contributed by atoms with Crippen LogP contribution in [0.4, 0.5) is 5.13 Å². The zero-order valence-corrected chi connectivity index (χ0v) is 11.9. The molecule has 2 saturated heterocycles. The van der Waals surface area contributed by atoms with Crippen LogP contribution in [0, 0.1) is 0 Å². The largest absolute Gasteiger partial charge is 0.391 e. The van der Waals surface area contributed by atoms with Gasteiger partial charge in [-0.3, -0.25) is 4.90 Å². The predicted molar refractivity (Wildman–Crippen MR) is 74.5 cm³/mol. The van der Waals surface area contributed by atoms with Gasteiger partial charge in [-0.05, 0) is 19.4 Å². The van der Waals surface area contributed by atoms with Crippen molar-refractivity contribution in [3.63, 3.8) is 0 Å². The Balaban J connectivity index is 1.72. The van der Waals surface area contributed by atoms with E-state index in [1.807, 2.05) is 0 Å². The first-order valence-electron chi connectivity index (χ1n) is 6.53. The molecule has 2 aliphatic rings. The molecule has 0 spiro atoms. The fraction of sp³-hybridized carbons (Fsp3) is 0.750. The Bertz CT molecular complexity index is 425. The lowest BCUT2D eigenvalue weighted by molar-refractivity contribution is 0.133. The van der Waals surface area contributed by atoms with Gasteiger partial charge < -0.3 is 10.0 Å². The smallest absolute Gasteiger partial charge is 0.187 e. The SMILES string of the molecule is OCc1sc(N2CCN3CCCCC3C2)nc1Cl. The van der Waals surface area contributed by atoms with Crippen LogP contribution < -0.4 is 4.90 Å². The average Bonchev–Trinajstić information content (AvgIpc) is 2.79. The van der Waals surface area contributed by atoms with E-state index in [4.69, 9.17) is 11.6 Å². The van der Waals surface area contributed by atoms with Crippen LogP contribution in [-0.4, -0.2) is 47.2 Å². The molecule has 4 nitrogen and oxygen atoms in total. The summed E-state index contributed by atoms with van der Waals surface area (Å²) in [5.74, 6) is 0. The Labute approximate surface area is 116 Å². The van der Waals surface area contributed by atoms with Crippen LogP contribution in [0.1, 0.15) is 24.1 Å². The van der Waals surface area contributed by atoms with Crippen LogP contribution >= 0.6 is 22.9 Å². The summed E-state index contributed by atoms with van der Waals surface area (Å²) >= 11 is 7.52. The van der Waals surface area contributed by atoms with E-state index in [2.05, 4.69) is 14.8 Å². The highest BCUT2D eigenvalue weighted by atomic mass is 35.5. The van der Waals surface area contributed by atoms with Crippen molar-refractivity contribution in [3.8, 4) is 0 Å². The van der Waals surface area contributed by atoms with Crippen molar-refractivity contribution in [2.75, 3.05) is 31.1 Å². The highest BCUT2D eigenvalue weighted by molar-refractivity contribution is 7.16. The summed E-state index contributed by atoms with van der Waals surface area (Å²) in [6.45, 7) is 4.43. The number of anilines is 1. The standard InChI is InChI=1S/C12H18ClN3OS/c13-11-10(8-17)18-12(14-11)16-6-5-15-4-2-1-3-9(15)7-16/h9,17H,1-8H2. The number of piperazine rings is 1. The van der Waals surface area contributed by atoms with Gasteiger partial charge in [0.2, 0.25) is 0 Å². The Morgan fingerprint density at radius 2 is 2.22 bits per heavy atom. The normalized spacial score (nSPS) is 25.2. The molecule has 6 heteroatoms. The fourth-order valence-electron chi connectivity index (χ4n) is 2.88. The molecular formula is C12H18ClN3OS. The van der Waals surface area contributed by atoms with Gasteiger partial charge in [0, 0.05) is 25.7 Å². The Kier molecular flexibility index (Phi) is 3.75. The van der Waals surface area contributed by atoms with Crippen molar-refractivity contribution < 1.29 is 5.11 Å². The highest BCUT2D eigenvalue weighted by Crippen LogP contribution is 2.32. The number of piperidine rings is 1. The fourth-order valence-corrected chi connectivity index (χ4v) is 4.04. The molecule has 18 heavy (non-hydrogen) atoms. The second-order valence-electron chi connectivity index (χ2n) is 5.00. The number of hydrogen-bond acceptors (Lipinski definition) is 5. The first-order valence-corrected chi connectivity index (χ1v) is 7.72. The van der Waals surface area contributed by atoms with E-state index in [0.717, 1.165) is 29.6 Å². The summed E-state index contributed by atoms with van der Waals surface area (Å²) in [7, 11) is 0. The van der Waals surface area contributed by atoms with E-state index in [1.165, 1.54) is 37.1 Å². The van der Waals surface area contributed by atoms with Gasteiger partial charge in [0.05, 0.1) is 11.5 Å². The second kappa shape index (κ2) is 5.33. The number of thiazole rings is 1. The molecular weight excluding hydrogens is 270 g/mol. The number of halogens is 1. The van der Waals surface area contributed by atoms with Crippen LogP contribution in [0.5, 0.6) is 0 Å². The quantitative estimate of drug-likeness (QED) is 0.903. The average molecular weight is 288 g/mol. The van der Waals surface area contributed by atoms with Crippen molar-refractivity contribution in [2.24, 2.45) is 0 Å². The Morgan fingerprint density at radius 1 is 1.33 bits per heavy atom. The molecule has 0 aliphatic carbocycles. The minimum Gasteiger partial charge on any atom is -0.391 e. The number of rotatable bonds is 2. The van der Waals surface area contributed by atoms with Gasteiger partial charge in [-0.1, -0.05) is 29.4 Å². The van der Waals surface area contributed by atoms with Crippen molar-refractivity contribution in [3.05, 3.63) is 10.0 Å². The van der Waals surface area contributed by atoms with E-state index in [9.17, 15) is 5.11 Å². The molecule has 1 aromatic rings. The lowest BCUT2D eigenvalue weighted by Gasteiger charge is -2.43. The maximum atomic E-state index is 9.18. The minimum absolute atomic E-state index is 0.0140. The minimum atomic E-state index is -0.0140. The van der Waals surface area contributed by atoms with Gasteiger partial charge in [0.15, 0.2) is 5.13 Å². The summed E-state index contributed by atoms with van der Waals surface area (Å²) in [4.78, 5) is 10.1. The molecule has 0 saturated carbocycles. The third-order valence-electron chi connectivity index (χ3n) is 3.89. The monoisotopic (exact) mass is 287 g/mol. The van der Waals surface area contributed by atoms with E-state index in [1.54, 1.807) is 0 Å². The van der Waals surface area contributed by atoms with Crippen LogP contribution in [0.25, 0.3) is 0 Å². The molecule has 0 aromatic carbocycles. The topological polar surface area (TPSA) is 39.6 Å². The van der Waals surface area contributed by atoms with Crippen LogP contribution in [0.3, 0.4) is 0 Å². The molecule has 1 unspecified atom stereocenters. The van der Waals surface area contributed by atoms with Crippen LogP contribution in [0.2, 0.25) is 5.15 Å². The molecule has 0 amide bonds. The number of fused-ring (bicyclic) bond motifs is 1. The summed E-state index contributed by atoms with van der Waals surface area (Å²) in [6.07, 6.45) is 3.98. The first kappa shape index (κ1) is 12.7. The van der Waals surface area contributed by atoms with E-state index in [-0.39, 0.29) is 6.61 Å². The number of hydrogen-bond donors (Lipinski definition) is 1. The second-order valence-corrected chi connectivity index (χ2v) is 6.42. The molecule has 3 rings (SSSR count). The molecule has 3 heterocycles. The summed E-state index contributed by atoms with van der Waals surface area (Å²) < 4.78 is 0. The Hall–Kier alpha value is -0.360. The van der Waals surface area contributed by atoms with Crippen LogP contribution in [0.15, 0.2) is 0 Å².